The molecule has 2 saturated carbocycles. The van der Waals surface area contributed by atoms with Crippen LogP contribution in [0.15, 0.2) is 17.4 Å². The molecule has 0 aromatic carbocycles. The Hall–Kier alpha value is -2.68. The van der Waals surface area contributed by atoms with Crippen molar-refractivity contribution in [2.75, 3.05) is 0 Å². The van der Waals surface area contributed by atoms with Crippen LogP contribution in [0.5, 0.6) is 5.88 Å². The van der Waals surface area contributed by atoms with Crippen molar-refractivity contribution in [3.63, 3.8) is 0 Å². The number of unbranched alkanes of at least 4 members (excludes halogenated alkanes) is 1. The molecule has 0 bridgehead atoms. The van der Waals surface area contributed by atoms with Crippen LogP contribution in [0.25, 0.3) is 0 Å². The number of pyridine rings is 1. The van der Waals surface area contributed by atoms with Crippen molar-refractivity contribution < 1.29 is 24.2 Å². The molecule has 1 unspecified atom stereocenters. The molecule has 3 aliphatic rings. The van der Waals surface area contributed by atoms with E-state index in [2.05, 4.69) is 6.07 Å². The van der Waals surface area contributed by atoms with Crippen LogP contribution in [0.4, 0.5) is 0 Å². The third-order valence-electron chi connectivity index (χ3n) is 6.92. The minimum absolute atomic E-state index is 0.0518. The Labute approximate surface area is 215 Å². The van der Waals surface area contributed by atoms with Crippen molar-refractivity contribution in [3.8, 4) is 5.88 Å². The maximum absolute atomic E-state index is 12.1. The van der Waals surface area contributed by atoms with Gasteiger partial charge in [0.15, 0.2) is 5.16 Å². The van der Waals surface area contributed by atoms with E-state index >= 15 is 0 Å². The Morgan fingerprint density at radius 3 is 2.64 bits per heavy atom. The second kappa shape index (κ2) is 11.2. The first-order valence-electron chi connectivity index (χ1n) is 13.1. The van der Waals surface area contributed by atoms with Crippen molar-refractivity contribution in [2.45, 2.75) is 107 Å². The fourth-order valence-electron chi connectivity index (χ4n) is 4.81. The van der Waals surface area contributed by atoms with E-state index in [1.165, 1.54) is 42.5 Å². The van der Waals surface area contributed by atoms with Crippen molar-refractivity contribution in [1.29, 1.82) is 0 Å². The van der Waals surface area contributed by atoms with Gasteiger partial charge in [0.1, 0.15) is 0 Å². The lowest BCUT2D eigenvalue weighted by atomic mass is 10.0. The Morgan fingerprint density at radius 1 is 1.11 bits per heavy atom. The second-order valence-electron chi connectivity index (χ2n) is 9.97. The van der Waals surface area contributed by atoms with Gasteiger partial charge in [-0.15, -0.1) is 0 Å². The predicted molar refractivity (Wildman–Crippen MR) is 134 cm³/mol. The summed E-state index contributed by atoms with van der Waals surface area (Å²) in [6.45, 7) is 1.69. The zero-order valence-electron chi connectivity index (χ0n) is 20.7. The SMILES string of the molecule is CC(OC(=O)CCCCC(=O)O)Oc1nc(SCc2c(C3CC3)ccnc2C2CC2)nc2c1CCC2. The van der Waals surface area contributed by atoms with Gasteiger partial charge in [-0.05, 0) is 80.9 Å². The number of carbonyl (C=O) groups is 2. The number of ether oxygens (including phenoxy) is 2. The molecule has 192 valence electrons. The number of rotatable bonds is 13. The zero-order chi connectivity index (χ0) is 25.1. The number of aliphatic carboxylic acids is 1. The van der Waals surface area contributed by atoms with E-state index in [0.29, 0.717) is 35.7 Å². The summed E-state index contributed by atoms with van der Waals surface area (Å²) in [5, 5.41) is 9.40. The molecule has 2 heterocycles. The number of carbonyl (C=O) groups excluding carboxylic acids is 1. The van der Waals surface area contributed by atoms with Crippen LogP contribution in [0.3, 0.4) is 0 Å². The smallest absolute Gasteiger partial charge is 0.308 e. The van der Waals surface area contributed by atoms with Gasteiger partial charge < -0.3 is 14.6 Å². The lowest BCUT2D eigenvalue weighted by Crippen LogP contribution is -2.22. The van der Waals surface area contributed by atoms with Crippen LogP contribution < -0.4 is 4.74 Å². The topological polar surface area (TPSA) is 112 Å². The van der Waals surface area contributed by atoms with Crippen LogP contribution in [0.1, 0.15) is 105 Å². The van der Waals surface area contributed by atoms with E-state index in [1.54, 1.807) is 18.7 Å². The summed E-state index contributed by atoms with van der Waals surface area (Å²) in [5.74, 6) is 1.30. The van der Waals surface area contributed by atoms with Crippen LogP contribution in [0, 0.1) is 0 Å². The molecule has 1 atom stereocenters. The van der Waals surface area contributed by atoms with E-state index < -0.39 is 18.2 Å². The molecule has 8 nitrogen and oxygen atoms in total. The molecule has 5 rings (SSSR count). The summed E-state index contributed by atoms with van der Waals surface area (Å²) in [6.07, 6.45) is 10.1. The van der Waals surface area contributed by atoms with Crippen LogP contribution in [-0.2, 0) is 32.9 Å². The van der Waals surface area contributed by atoms with Crippen LogP contribution >= 0.6 is 11.8 Å². The lowest BCUT2D eigenvalue weighted by molar-refractivity contribution is -0.162. The summed E-state index contributed by atoms with van der Waals surface area (Å²) in [6, 6.07) is 2.19. The molecule has 0 spiro atoms. The largest absolute Gasteiger partial charge is 0.481 e. The highest BCUT2D eigenvalue weighted by Crippen LogP contribution is 2.48. The van der Waals surface area contributed by atoms with E-state index in [1.807, 2.05) is 6.20 Å². The highest BCUT2D eigenvalue weighted by atomic mass is 32.2. The highest BCUT2D eigenvalue weighted by Gasteiger charge is 2.33. The first-order valence-corrected chi connectivity index (χ1v) is 14.0. The van der Waals surface area contributed by atoms with Crippen LogP contribution in [0.2, 0.25) is 0 Å². The van der Waals surface area contributed by atoms with Crippen molar-refractivity contribution in [1.82, 2.24) is 15.0 Å². The van der Waals surface area contributed by atoms with Gasteiger partial charge in [-0.25, -0.2) is 4.98 Å². The van der Waals surface area contributed by atoms with Crippen molar-refractivity contribution >= 4 is 23.7 Å². The summed E-state index contributed by atoms with van der Waals surface area (Å²) in [4.78, 5) is 37.1. The quantitative estimate of drug-likeness (QED) is 0.125. The fourth-order valence-corrected chi connectivity index (χ4v) is 5.72. The number of hydrogen-bond acceptors (Lipinski definition) is 8. The number of carboxylic acid groups (broad SMARTS) is 1. The average molecular weight is 512 g/mol. The Bertz CT molecular complexity index is 1100. The number of esters is 1. The Kier molecular flexibility index (Phi) is 7.74. The average Bonchev–Trinajstić information content (AvgIpc) is 3.78. The van der Waals surface area contributed by atoms with Gasteiger partial charge in [0.2, 0.25) is 12.2 Å². The van der Waals surface area contributed by atoms with Gasteiger partial charge in [0.25, 0.3) is 0 Å². The van der Waals surface area contributed by atoms with Gasteiger partial charge in [0, 0.05) is 48.9 Å². The summed E-state index contributed by atoms with van der Waals surface area (Å²) in [5.41, 5.74) is 6.09. The molecule has 2 aromatic rings. The molecule has 2 fully saturated rings. The fraction of sp³-hybridized carbons (Fsp3) is 0.593. The number of fused-ring (bicyclic) bond motifs is 1. The second-order valence-corrected chi connectivity index (χ2v) is 10.9. The normalized spacial score (nSPS) is 17.5. The maximum Gasteiger partial charge on any atom is 0.308 e. The Morgan fingerprint density at radius 2 is 1.89 bits per heavy atom. The summed E-state index contributed by atoms with van der Waals surface area (Å²) < 4.78 is 11.4. The monoisotopic (exact) mass is 511 g/mol. The lowest BCUT2D eigenvalue weighted by Gasteiger charge is -2.17. The van der Waals surface area contributed by atoms with E-state index in [-0.39, 0.29) is 12.8 Å². The number of hydrogen-bond donors (Lipinski definition) is 1. The summed E-state index contributed by atoms with van der Waals surface area (Å²) >= 11 is 1.63. The standard InChI is InChI=1S/C27H33N3O5S/c1-16(34-24(33)8-3-2-7-23(31)32)35-26-20-5-4-6-22(20)29-27(30-26)36-15-21-19(17-9-10-17)13-14-28-25(21)18-11-12-18/h13-14,16-18H,2-12,15H2,1H3,(H,31,32). The molecular formula is C27H33N3O5S. The van der Waals surface area contributed by atoms with Crippen molar-refractivity contribution in [2.24, 2.45) is 0 Å². The van der Waals surface area contributed by atoms with E-state index in [0.717, 1.165) is 36.3 Å². The minimum Gasteiger partial charge on any atom is -0.481 e. The maximum atomic E-state index is 12.1. The summed E-state index contributed by atoms with van der Waals surface area (Å²) in [7, 11) is 0. The number of aryl methyl sites for hydroxylation is 1. The van der Waals surface area contributed by atoms with E-state index in [9.17, 15) is 9.59 Å². The molecule has 0 aliphatic heterocycles. The molecule has 0 amide bonds. The van der Waals surface area contributed by atoms with Gasteiger partial charge in [0.05, 0.1) is 5.69 Å². The molecule has 0 saturated heterocycles. The zero-order valence-corrected chi connectivity index (χ0v) is 21.5. The Balaban J connectivity index is 1.24. The molecule has 2 aromatic heterocycles. The van der Waals surface area contributed by atoms with Gasteiger partial charge in [-0.3, -0.25) is 14.6 Å². The first-order chi connectivity index (χ1) is 17.5. The molecule has 36 heavy (non-hydrogen) atoms. The highest BCUT2D eigenvalue weighted by molar-refractivity contribution is 7.98. The molecule has 0 radical (unpaired) electrons. The predicted octanol–water partition coefficient (Wildman–Crippen LogP) is 5.32. The van der Waals surface area contributed by atoms with Crippen molar-refractivity contribution in [3.05, 3.63) is 40.3 Å². The van der Waals surface area contributed by atoms with Gasteiger partial charge in [-0.2, -0.15) is 4.98 Å². The number of aromatic nitrogens is 3. The molecular weight excluding hydrogens is 478 g/mol. The molecule has 9 heteroatoms. The number of nitrogens with zero attached hydrogens (tertiary/aromatic N) is 3. The number of carboxylic acids is 1. The number of thioether (sulfide) groups is 1. The third-order valence-corrected chi connectivity index (χ3v) is 7.80. The van der Waals surface area contributed by atoms with Gasteiger partial charge >= 0.3 is 11.9 Å². The van der Waals surface area contributed by atoms with E-state index in [4.69, 9.17) is 29.5 Å². The first kappa shape index (κ1) is 25.0. The molecule has 3 aliphatic carbocycles. The van der Waals surface area contributed by atoms with Gasteiger partial charge in [-0.1, -0.05) is 11.8 Å². The molecule has 1 N–H and O–H groups in total. The minimum atomic E-state index is -0.859. The van der Waals surface area contributed by atoms with Crippen LogP contribution in [-0.4, -0.2) is 38.3 Å². The third kappa shape index (κ3) is 6.35.